The molecule has 0 aliphatic heterocycles. The van der Waals surface area contributed by atoms with E-state index < -0.39 is 68.1 Å². The normalized spacial score (nSPS) is 13.1. The van der Waals surface area contributed by atoms with Gasteiger partial charge in [0.1, 0.15) is 36.9 Å². The van der Waals surface area contributed by atoms with Gasteiger partial charge in [0.05, 0.1) is 23.6 Å². The van der Waals surface area contributed by atoms with Crippen LogP contribution in [-0.2, 0) is 32.2 Å². The third-order valence-electron chi connectivity index (χ3n) is 5.81. The third kappa shape index (κ3) is 7.46. The van der Waals surface area contributed by atoms with Gasteiger partial charge in [-0.15, -0.1) is 0 Å². The van der Waals surface area contributed by atoms with E-state index in [1.807, 2.05) is 0 Å². The number of nitrogens with one attached hydrogen (secondary N) is 1. The van der Waals surface area contributed by atoms with Gasteiger partial charge in [0.2, 0.25) is 11.8 Å². The maximum absolute atomic E-state index is 14.2. The maximum Gasteiger partial charge on any atom is 0.409 e. The summed E-state index contributed by atoms with van der Waals surface area (Å²) in [5, 5.41) is 16.3. The molecule has 10 nitrogen and oxygen atoms in total. The third-order valence-corrected chi connectivity index (χ3v) is 6.10. The van der Waals surface area contributed by atoms with Gasteiger partial charge in [0, 0.05) is 17.5 Å². The van der Waals surface area contributed by atoms with Crippen LogP contribution in [0.4, 0.5) is 17.6 Å². The number of halogens is 5. The molecule has 2 aromatic carbocycles. The molecular formula is C25H26ClF4N5O5. The van der Waals surface area contributed by atoms with Crippen LogP contribution < -0.4 is 11.1 Å². The van der Waals surface area contributed by atoms with Gasteiger partial charge in [-0.1, -0.05) is 41.9 Å². The first-order chi connectivity index (χ1) is 18.8. The van der Waals surface area contributed by atoms with E-state index in [2.05, 4.69) is 15.2 Å². The molecule has 2 amide bonds. The van der Waals surface area contributed by atoms with Gasteiger partial charge in [0.15, 0.2) is 0 Å². The minimum atomic E-state index is -5.13. The molecule has 15 heteroatoms. The molecule has 0 aliphatic carbocycles. The van der Waals surface area contributed by atoms with Crippen LogP contribution in [0, 0.1) is 5.82 Å². The van der Waals surface area contributed by atoms with Crippen molar-refractivity contribution >= 4 is 40.3 Å². The van der Waals surface area contributed by atoms with Crippen molar-refractivity contribution < 1.29 is 41.8 Å². The number of aliphatic hydroxyl groups is 1. The quantitative estimate of drug-likeness (QED) is 0.178. The van der Waals surface area contributed by atoms with E-state index in [9.17, 15) is 37.1 Å². The predicted octanol–water partition coefficient (Wildman–Crippen LogP) is 2.81. The highest BCUT2D eigenvalue weighted by Gasteiger charge is 2.47. The molecule has 0 radical (unpaired) electrons. The summed E-state index contributed by atoms with van der Waals surface area (Å²) in [6.45, 7) is -1.15. The van der Waals surface area contributed by atoms with Gasteiger partial charge < -0.3 is 25.8 Å². The zero-order chi connectivity index (χ0) is 29.6. The maximum atomic E-state index is 14.2. The number of ether oxygens (including phenoxy) is 1. The number of carbonyl (C=O) groups is 3. The van der Waals surface area contributed by atoms with Crippen LogP contribution in [0.1, 0.15) is 30.8 Å². The highest BCUT2D eigenvalue weighted by molar-refractivity contribution is 6.30. The number of carbonyl (C=O) groups excluding carboxylic acids is 3. The molecule has 1 aromatic heterocycles. The van der Waals surface area contributed by atoms with E-state index in [1.54, 1.807) is 18.2 Å². The molecule has 2 unspecified atom stereocenters. The Morgan fingerprint density at radius 1 is 1.20 bits per heavy atom. The second-order valence-electron chi connectivity index (χ2n) is 8.58. The first-order valence-electron chi connectivity index (χ1n) is 11.9. The number of nitrogens with two attached hydrogens (primary N) is 1. The van der Waals surface area contributed by atoms with Crippen LogP contribution in [0.25, 0.3) is 10.9 Å². The molecule has 3 aromatic rings. The summed E-state index contributed by atoms with van der Waals surface area (Å²) in [6.07, 6.45) is -7.94. The number of benzene rings is 2. The van der Waals surface area contributed by atoms with E-state index in [-0.39, 0.29) is 33.3 Å². The lowest BCUT2D eigenvalue weighted by molar-refractivity contribution is -0.196. The Hall–Kier alpha value is -3.75. The largest absolute Gasteiger partial charge is 0.466 e. The molecule has 3 rings (SSSR count). The Morgan fingerprint density at radius 3 is 2.55 bits per heavy atom. The van der Waals surface area contributed by atoms with Crippen molar-refractivity contribution in [1.82, 2.24) is 20.0 Å². The molecular weight excluding hydrogens is 562 g/mol. The van der Waals surface area contributed by atoms with Crippen molar-refractivity contribution in [3.05, 3.63) is 64.6 Å². The lowest BCUT2D eigenvalue weighted by Gasteiger charge is -2.32. The Bertz CT molecular complexity index is 1380. The monoisotopic (exact) mass is 587 g/mol. The number of hydrogen-bond donors (Lipinski definition) is 3. The van der Waals surface area contributed by atoms with Gasteiger partial charge in [-0.05, 0) is 19.1 Å². The van der Waals surface area contributed by atoms with Crippen LogP contribution in [-0.4, -0.2) is 62.9 Å². The number of nitrogens with zero attached hydrogens (tertiary/aromatic N) is 3. The lowest BCUT2D eigenvalue weighted by atomic mass is 10.1. The number of fused-ring (bicyclic) bond motifs is 1. The van der Waals surface area contributed by atoms with Crippen LogP contribution in [0.3, 0.4) is 0 Å². The standard InChI is InChI=1S/C25H26ClF4N5O5/c1-2-40-21(38)10-18(25(28,29)30)34(12-19(36)32-11-14-6-5-8-16(26)22(14)27)20(37)13-35-17-9-4-3-7-15(17)23(33-35)24(31)39/h3-9,18,24,39H,2,10-13,31H2,1H3,(H,32,36). The molecule has 2 atom stereocenters. The van der Waals surface area contributed by atoms with Crippen LogP contribution in [0.2, 0.25) is 5.02 Å². The first kappa shape index (κ1) is 30.8. The summed E-state index contributed by atoms with van der Waals surface area (Å²) in [6, 6.07) is 7.54. The van der Waals surface area contributed by atoms with Gasteiger partial charge in [-0.2, -0.15) is 18.3 Å². The predicted molar refractivity (Wildman–Crippen MR) is 135 cm³/mol. The number of hydrogen-bond acceptors (Lipinski definition) is 7. The van der Waals surface area contributed by atoms with Crippen molar-refractivity contribution in [2.75, 3.05) is 13.2 Å². The number of esters is 1. The summed E-state index contributed by atoms with van der Waals surface area (Å²) in [7, 11) is 0. The second kappa shape index (κ2) is 13.1. The summed E-state index contributed by atoms with van der Waals surface area (Å²) >= 11 is 5.72. The van der Waals surface area contributed by atoms with Crippen molar-refractivity contribution in [2.24, 2.45) is 5.73 Å². The molecule has 0 aliphatic rings. The van der Waals surface area contributed by atoms with Crippen molar-refractivity contribution in [2.45, 2.75) is 44.9 Å². The first-order valence-corrected chi connectivity index (χ1v) is 12.3. The molecule has 0 spiro atoms. The Labute approximate surface area is 230 Å². The molecule has 0 saturated carbocycles. The second-order valence-corrected chi connectivity index (χ2v) is 8.99. The average molecular weight is 588 g/mol. The highest BCUT2D eigenvalue weighted by atomic mass is 35.5. The minimum Gasteiger partial charge on any atom is -0.466 e. The van der Waals surface area contributed by atoms with Gasteiger partial charge >= 0.3 is 12.1 Å². The van der Waals surface area contributed by atoms with Crippen molar-refractivity contribution in [1.29, 1.82) is 0 Å². The molecule has 0 saturated heterocycles. The number of aliphatic hydroxyl groups excluding tert-OH is 1. The van der Waals surface area contributed by atoms with Crippen LogP contribution in [0.5, 0.6) is 0 Å². The minimum absolute atomic E-state index is 0.0184. The zero-order valence-corrected chi connectivity index (χ0v) is 21.9. The highest BCUT2D eigenvalue weighted by Crippen LogP contribution is 2.29. The van der Waals surface area contributed by atoms with Crippen molar-refractivity contribution in [3.8, 4) is 0 Å². The number of amides is 2. The zero-order valence-electron chi connectivity index (χ0n) is 21.1. The van der Waals surface area contributed by atoms with E-state index in [1.165, 1.54) is 31.2 Å². The summed E-state index contributed by atoms with van der Waals surface area (Å²) in [5.41, 5.74) is 5.77. The fraction of sp³-hybridized carbons (Fsp3) is 0.360. The molecule has 4 N–H and O–H groups in total. The summed E-state index contributed by atoms with van der Waals surface area (Å²) in [5.74, 6) is -4.34. The number of alkyl halides is 3. The summed E-state index contributed by atoms with van der Waals surface area (Å²) in [4.78, 5) is 38.3. The Kier molecular flexibility index (Phi) is 10.1. The van der Waals surface area contributed by atoms with Gasteiger partial charge in [-0.3, -0.25) is 19.1 Å². The lowest BCUT2D eigenvalue weighted by Crippen LogP contribution is -2.54. The Morgan fingerprint density at radius 2 is 1.90 bits per heavy atom. The van der Waals surface area contributed by atoms with E-state index in [0.717, 1.165) is 4.68 Å². The van der Waals surface area contributed by atoms with E-state index >= 15 is 0 Å². The number of rotatable bonds is 11. The summed E-state index contributed by atoms with van der Waals surface area (Å²) < 4.78 is 62.4. The van der Waals surface area contributed by atoms with Crippen LogP contribution >= 0.6 is 11.6 Å². The van der Waals surface area contributed by atoms with E-state index in [4.69, 9.17) is 17.3 Å². The molecule has 216 valence electrons. The SMILES string of the molecule is CCOC(=O)CC(N(CC(=O)NCc1cccc(Cl)c1F)C(=O)Cn1nc(C(N)O)c2ccccc21)C(F)(F)F. The van der Waals surface area contributed by atoms with Gasteiger partial charge in [-0.25, -0.2) is 4.39 Å². The number of aromatic nitrogens is 2. The topological polar surface area (TPSA) is 140 Å². The number of para-hydroxylation sites is 1. The van der Waals surface area contributed by atoms with Gasteiger partial charge in [0.25, 0.3) is 0 Å². The molecule has 0 bridgehead atoms. The fourth-order valence-electron chi connectivity index (χ4n) is 3.95. The fourth-order valence-corrected chi connectivity index (χ4v) is 4.15. The van der Waals surface area contributed by atoms with Crippen LogP contribution in [0.15, 0.2) is 42.5 Å². The average Bonchev–Trinajstić information content (AvgIpc) is 3.25. The molecule has 40 heavy (non-hydrogen) atoms. The Balaban J connectivity index is 1.92. The molecule has 0 fully saturated rings. The van der Waals surface area contributed by atoms with Crippen molar-refractivity contribution in [3.63, 3.8) is 0 Å². The smallest absolute Gasteiger partial charge is 0.409 e. The molecule has 1 heterocycles. The van der Waals surface area contributed by atoms with E-state index in [0.29, 0.717) is 5.39 Å².